The predicted molar refractivity (Wildman–Crippen MR) is 199 cm³/mol. The van der Waals surface area contributed by atoms with Crippen molar-refractivity contribution < 1.29 is 23.7 Å². The van der Waals surface area contributed by atoms with Crippen LogP contribution in [0.2, 0.25) is 38.3 Å². The Bertz CT molecular complexity index is 1610. The summed E-state index contributed by atoms with van der Waals surface area (Å²) in [7, 11) is -3.61. The number of unbranched alkanes of at least 4 members (excludes halogenated alkanes) is 2. The molecule has 0 amide bonds. The Balaban J connectivity index is 0.000000524. The van der Waals surface area contributed by atoms with Crippen LogP contribution in [-0.2, 0) is 4.79 Å². The zero-order valence-corrected chi connectivity index (χ0v) is 31.5. The van der Waals surface area contributed by atoms with Crippen molar-refractivity contribution in [3.8, 4) is 29.4 Å². The van der Waals surface area contributed by atoms with Crippen LogP contribution in [0.5, 0.6) is 17.2 Å². The number of ketones is 1. The van der Waals surface area contributed by atoms with Crippen LogP contribution in [0.3, 0.4) is 0 Å². The van der Waals surface area contributed by atoms with Gasteiger partial charge in [0, 0.05) is 11.6 Å². The first-order valence-electron chi connectivity index (χ1n) is 16.1. The summed E-state index contributed by atoms with van der Waals surface area (Å²) in [6, 6.07) is 16.2. The number of Topliss-reactive ketones (excluding diaryl/α,β-unsaturated/α-hetero) is 1. The van der Waals surface area contributed by atoms with Gasteiger partial charge in [-0.05, 0) is 99.7 Å². The molecule has 0 heterocycles. The molecule has 0 aliphatic heterocycles. The normalized spacial score (nSPS) is 12.2. The number of nitriles is 2. The number of nitrogens with zero attached hydrogens (tertiary/aromatic N) is 3. The van der Waals surface area contributed by atoms with Gasteiger partial charge in [0.1, 0.15) is 17.6 Å². The monoisotopic (exact) mass is 687 g/mol. The lowest BCUT2D eigenvalue weighted by atomic mass is 10.1. The van der Waals surface area contributed by atoms with Crippen molar-refractivity contribution in [2.75, 3.05) is 0 Å². The highest BCUT2D eigenvalue weighted by atomic mass is 28.4. The van der Waals surface area contributed by atoms with Crippen LogP contribution in [0.15, 0.2) is 71.8 Å². The fraction of sp³-hybridized carbons (Fsp3) is 0.378. The molecule has 0 fully saturated rings. The summed E-state index contributed by atoms with van der Waals surface area (Å²) < 4.78 is 13.2. The van der Waals surface area contributed by atoms with E-state index in [0.29, 0.717) is 11.1 Å². The lowest BCUT2D eigenvalue weighted by Gasteiger charge is -2.29. The van der Waals surface area contributed by atoms with Gasteiger partial charge in [0.15, 0.2) is 11.5 Å². The molecule has 2 aromatic rings. The number of rotatable bonds is 16. The fourth-order valence-corrected chi connectivity index (χ4v) is 8.46. The van der Waals surface area contributed by atoms with E-state index >= 15 is 0 Å². The van der Waals surface area contributed by atoms with Crippen LogP contribution >= 0.6 is 0 Å². The van der Waals surface area contributed by atoms with Gasteiger partial charge in [0.25, 0.3) is 0 Å². The summed E-state index contributed by atoms with van der Waals surface area (Å²) >= 11 is 0. The average molecular weight is 688 g/mol. The van der Waals surface area contributed by atoms with E-state index in [1.165, 1.54) is 69.0 Å². The second-order valence-corrected chi connectivity index (χ2v) is 21.0. The molecule has 0 saturated heterocycles. The van der Waals surface area contributed by atoms with E-state index in [1.54, 1.807) is 13.0 Å². The fourth-order valence-electron chi connectivity index (χ4n) is 4.32. The SMILES string of the molecule is CC(=O)/C(C#N)=C/C=C/c1ccc([N+](=O)[O-])c(O)c1.CCCC[Si](C)(C)Oc1ccc(/C=C/C=C(/C)C#N)cc1O[Si](C)(C)CCCC. The molecular formula is C37H49N3O6Si2. The Morgan fingerprint density at radius 2 is 1.38 bits per heavy atom. The summed E-state index contributed by atoms with van der Waals surface area (Å²) in [4.78, 5) is 20.8. The molecule has 11 heteroatoms. The van der Waals surface area contributed by atoms with Crippen LogP contribution in [0.1, 0.15) is 64.5 Å². The van der Waals surface area contributed by atoms with Gasteiger partial charge < -0.3 is 14.0 Å². The molecule has 2 aromatic carbocycles. The van der Waals surface area contributed by atoms with E-state index in [4.69, 9.17) is 19.4 Å². The smallest absolute Gasteiger partial charge is 0.310 e. The van der Waals surface area contributed by atoms with Crippen molar-refractivity contribution in [1.29, 1.82) is 10.5 Å². The minimum absolute atomic E-state index is 0.00221. The van der Waals surface area contributed by atoms with E-state index in [0.717, 1.165) is 29.2 Å². The lowest BCUT2D eigenvalue weighted by molar-refractivity contribution is -0.385. The number of nitro groups is 1. The highest BCUT2D eigenvalue weighted by Crippen LogP contribution is 2.35. The maximum atomic E-state index is 11.0. The van der Waals surface area contributed by atoms with Gasteiger partial charge in [-0.25, -0.2) is 0 Å². The minimum Gasteiger partial charge on any atom is -0.542 e. The molecule has 0 aromatic heterocycles. The molecule has 0 atom stereocenters. The van der Waals surface area contributed by atoms with E-state index in [1.807, 2.05) is 18.2 Å². The third-order valence-corrected chi connectivity index (χ3v) is 11.7. The van der Waals surface area contributed by atoms with Gasteiger partial charge in [-0.3, -0.25) is 14.9 Å². The number of carbonyl (C=O) groups excluding carboxylic acids is 1. The van der Waals surface area contributed by atoms with Crippen LogP contribution in [0, 0.1) is 32.8 Å². The Hall–Kier alpha value is -4.72. The molecular weight excluding hydrogens is 639 g/mol. The number of phenols is 1. The molecule has 9 nitrogen and oxygen atoms in total. The number of hydrogen-bond donors (Lipinski definition) is 1. The molecule has 0 unspecified atom stereocenters. The van der Waals surface area contributed by atoms with E-state index in [-0.39, 0.29) is 17.0 Å². The van der Waals surface area contributed by atoms with Crippen LogP contribution in [-0.4, -0.2) is 32.4 Å². The Kier molecular flexibility index (Phi) is 17.6. The van der Waals surface area contributed by atoms with Crippen molar-refractivity contribution in [3.05, 3.63) is 93.1 Å². The van der Waals surface area contributed by atoms with Gasteiger partial charge in [-0.2, -0.15) is 10.5 Å². The molecule has 0 bridgehead atoms. The van der Waals surface area contributed by atoms with E-state index < -0.39 is 27.3 Å². The third-order valence-electron chi connectivity index (χ3n) is 7.06. The predicted octanol–water partition coefficient (Wildman–Crippen LogP) is 10.3. The standard InChI is InChI=1S/C24H39NO2Si2.C13H10N2O4/c1-8-10-17-28(4,5)26-23-16-15-22(14-12-13-21(3)20-25)19-24(23)27-29(6,7)18-11-9-2;1-9(16)11(8-14)4-2-3-10-5-6-12(15(18)19)13(17)7-10/h12-16,19H,8-11,17-18H2,1-7H3;2-7,17H,1H3/b14-12+,21-13-;3-2+,11-4+. The molecule has 1 N–H and O–H groups in total. The maximum absolute atomic E-state index is 11.0. The van der Waals surface area contributed by atoms with Crippen molar-refractivity contribution in [2.45, 2.75) is 91.7 Å². The van der Waals surface area contributed by atoms with Crippen LogP contribution in [0.25, 0.3) is 12.2 Å². The summed E-state index contributed by atoms with van der Waals surface area (Å²) in [6.07, 6.45) is 14.8. The molecule has 0 aliphatic rings. The quantitative estimate of drug-likeness (QED) is 0.0458. The molecule has 0 aliphatic carbocycles. The van der Waals surface area contributed by atoms with Crippen molar-refractivity contribution in [3.63, 3.8) is 0 Å². The molecule has 0 radical (unpaired) electrons. The largest absolute Gasteiger partial charge is 0.542 e. The number of hydrogen-bond acceptors (Lipinski definition) is 8. The van der Waals surface area contributed by atoms with Gasteiger partial charge in [0.05, 0.1) is 16.6 Å². The van der Waals surface area contributed by atoms with Gasteiger partial charge >= 0.3 is 5.69 Å². The Morgan fingerprint density at radius 1 is 0.854 bits per heavy atom. The summed E-state index contributed by atoms with van der Waals surface area (Å²) in [6.45, 7) is 16.7. The number of phenolic OH excluding ortho intramolecular Hbond substituents is 1. The number of aromatic hydroxyl groups is 1. The first-order chi connectivity index (χ1) is 22.6. The summed E-state index contributed by atoms with van der Waals surface area (Å²) in [5, 5.41) is 37.4. The number of allylic oxidation sites excluding steroid dienone is 6. The second-order valence-electron chi connectivity index (χ2n) is 12.6. The zero-order valence-electron chi connectivity index (χ0n) is 29.5. The zero-order chi connectivity index (χ0) is 36.3. The number of nitro benzene ring substituents is 1. The van der Waals surface area contributed by atoms with Crippen LogP contribution < -0.4 is 8.85 Å². The molecule has 0 spiro atoms. The Morgan fingerprint density at radius 3 is 1.85 bits per heavy atom. The molecule has 48 heavy (non-hydrogen) atoms. The van der Waals surface area contributed by atoms with E-state index in [2.05, 4.69) is 64.3 Å². The van der Waals surface area contributed by atoms with Crippen LogP contribution in [0.4, 0.5) is 5.69 Å². The summed E-state index contributed by atoms with van der Waals surface area (Å²) in [5.41, 5.74) is 1.88. The molecule has 2 rings (SSSR count). The minimum atomic E-state index is -1.82. The average Bonchev–Trinajstić information content (AvgIpc) is 3.02. The maximum Gasteiger partial charge on any atom is 0.310 e. The highest BCUT2D eigenvalue weighted by molar-refractivity contribution is 6.72. The molecule has 0 saturated carbocycles. The van der Waals surface area contributed by atoms with Crippen molar-refractivity contribution in [1.82, 2.24) is 0 Å². The third kappa shape index (κ3) is 15.7. The lowest BCUT2D eigenvalue weighted by Crippen LogP contribution is -2.36. The first-order valence-corrected chi connectivity index (χ1v) is 22.3. The Labute approximate surface area is 287 Å². The number of benzene rings is 2. The van der Waals surface area contributed by atoms with Gasteiger partial charge in [0.2, 0.25) is 16.6 Å². The van der Waals surface area contributed by atoms with Crippen molar-refractivity contribution >= 4 is 40.3 Å². The summed E-state index contributed by atoms with van der Waals surface area (Å²) in [5.74, 6) is 0.968. The van der Waals surface area contributed by atoms with E-state index in [9.17, 15) is 20.0 Å². The topological polar surface area (TPSA) is 146 Å². The van der Waals surface area contributed by atoms with Crippen molar-refractivity contribution in [2.24, 2.45) is 0 Å². The molecule has 256 valence electrons. The first kappa shape index (κ1) is 41.3. The van der Waals surface area contributed by atoms with Gasteiger partial charge in [-0.1, -0.05) is 69.9 Å². The second kappa shape index (κ2) is 20.5. The highest BCUT2D eigenvalue weighted by Gasteiger charge is 2.28. The number of carbonyl (C=O) groups is 1. The van der Waals surface area contributed by atoms with Gasteiger partial charge in [-0.15, -0.1) is 0 Å².